The minimum atomic E-state index is -4.49. The maximum absolute atomic E-state index is 13.1. The van der Waals surface area contributed by atoms with Crippen molar-refractivity contribution in [3.8, 4) is 5.75 Å². The van der Waals surface area contributed by atoms with Crippen LogP contribution in [0.5, 0.6) is 5.75 Å². The lowest BCUT2D eigenvalue weighted by Crippen LogP contribution is -2.17. The van der Waals surface area contributed by atoms with Crippen molar-refractivity contribution in [1.82, 2.24) is 5.20 Å². The summed E-state index contributed by atoms with van der Waals surface area (Å²) >= 11 is 0. The lowest BCUT2D eigenvalue weighted by molar-refractivity contribution is -0.137. The summed E-state index contributed by atoms with van der Waals surface area (Å²) in [5.74, 6) is 0.0413. The zero-order valence-electron chi connectivity index (χ0n) is 15.7. The van der Waals surface area contributed by atoms with E-state index in [1.807, 2.05) is 12.2 Å². The molecule has 1 aliphatic rings. The minimum Gasteiger partial charge on any atom is -0.486 e. The summed E-state index contributed by atoms with van der Waals surface area (Å²) in [6, 6.07) is 3.13. The summed E-state index contributed by atoms with van der Waals surface area (Å²) in [5, 5.41) is 6.14. The Morgan fingerprint density at radius 2 is 2.00 bits per heavy atom. The fourth-order valence-corrected chi connectivity index (χ4v) is 3.63. The number of ether oxygens (including phenoxy) is 1. The molecule has 0 amide bonds. The molecule has 1 aromatic rings. The first kappa shape index (κ1) is 22.5. The molecule has 6 nitrogen and oxygen atoms in total. The first-order valence-electron chi connectivity index (χ1n) is 9.01. The number of nitrogens with zero attached hydrogens (tertiary/aromatic N) is 1. The van der Waals surface area contributed by atoms with Gasteiger partial charge < -0.3 is 4.74 Å². The van der Waals surface area contributed by atoms with Crippen molar-refractivity contribution in [2.45, 2.75) is 45.4 Å². The van der Waals surface area contributed by atoms with Gasteiger partial charge in [-0.1, -0.05) is 6.08 Å². The van der Waals surface area contributed by atoms with Gasteiger partial charge >= 0.3 is 13.9 Å². The van der Waals surface area contributed by atoms with Gasteiger partial charge in [0.2, 0.25) is 0 Å². The van der Waals surface area contributed by atoms with Gasteiger partial charge in [-0.3, -0.25) is 9.05 Å². The molecule has 0 heterocycles. The van der Waals surface area contributed by atoms with Crippen molar-refractivity contribution in [3.63, 3.8) is 0 Å². The van der Waals surface area contributed by atoms with Crippen LogP contribution in [0.4, 0.5) is 13.2 Å². The molecular formula is C18H24F3N2O4P. The summed E-state index contributed by atoms with van der Waals surface area (Å²) in [6.45, 7) is 3.58. The van der Waals surface area contributed by atoms with Crippen molar-refractivity contribution in [2.24, 2.45) is 5.10 Å². The Morgan fingerprint density at radius 3 is 2.57 bits per heavy atom. The van der Waals surface area contributed by atoms with E-state index in [0.717, 1.165) is 25.0 Å². The summed E-state index contributed by atoms with van der Waals surface area (Å²) in [4.78, 5) is 0. The Kier molecular flexibility index (Phi) is 8.10. The van der Waals surface area contributed by atoms with Gasteiger partial charge in [0.05, 0.1) is 25.0 Å². The number of benzene rings is 1. The third-order valence-electron chi connectivity index (χ3n) is 3.81. The molecule has 1 unspecified atom stereocenters. The van der Waals surface area contributed by atoms with E-state index in [9.17, 15) is 17.7 Å². The topological polar surface area (TPSA) is 69.2 Å². The molecular weight excluding hydrogens is 396 g/mol. The Morgan fingerprint density at radius 1 is 1.29 bits per heavy atom. The maximum atomic E-state index is 13.1. The van der Waals surface area contributed by atoms with Gasteiger partial charge in [-0.25, -0.2) is 9.76 Å². The van der Waals surface area contributed by atoms with E-state index in [0.29, 0.717) is 12.0 Å². The number of alkyl halides is 3. The maximum Gasteiger partial charge on any atom is 0.448 e. The molecule has 0 aromatic heterocycles. The third kappa shape index (κ3) is 6.65. The Hall–Kier alpha value is -1.83. The van der Waals surface area contributed by atoms with E-state index in [4.69, 9.17) is 13.8 Å². The quantitative estimate of drug-likeness (QED) is 0.254. The lowest BCUT2D eigenvalue weighted by Gasteiger charge is -2.21. The van der Waals surface area contributed by atoms with E-state index >= 15 is 0 Å². The van der Waals surface area contributed by atoms with Gasteiger partial charge in [-0.2, -0.15) is 18.3 Å². The van der Waals surface area contributed by atoms with Crippen molar-refractivity contribution in [2.75, 3.05) is 13.2 Å². The van der Waals surface area contributed by atoms with Gasteiger partial charge in [-0.15, -0.1) is 0 Å². The van der Waals surface area contributed by atoms with Crippen molar-refractivity contribution in [1.29, 1.82) is 0 Å². The van der Waals surface area contributed by atoms with Crippen LogP contribution >= 0.6 is 7.75 Å². The molecule has 0 spiro atoms. The molecule has 156 valence electrons. The highest BCUT2D eigenvalue weighted by atomic mass is 31.2. The predicted octanol–water partition coefficient (Wildman–Crippen LogP) is 5.30. The van der Waals surface area contributed by atoms with Gasteiger partial charge in [0, 0.05) is 5.56 Å². The highest BCUT2D eigenvalue weighted by Crippen LogP contribution is 2.43. The molecule has 1 N–H and O–H groups in total. The molecule has 10 heteroatoms. The molecule has 0 bridgehead atoms. The molecule has 0 aliphatic heterocycles. The number of rotatable bonds is 9. The molecule has 28 heavy (non-hydrogen) atoms. The molecule has 0 fully saturated rings. The number of hydrazone groups is 1. The summed E-state index contributed by atoms with van der Waals surface area (Å²) in [5.41, 5.74) is -0.513. The number of hydrogen-bond acceptors (Lipinski definition) is 5. The van der Waals surface area contributed by atoms with E-state index in [1.165, 1.54) is 12.3 Å². The van der Waals surface area contributed by atoms with E-state index in [2.05, 4.69) is 10.3 Å². The van der Waals surface area contributed by atoms with Crippen LogP contribution in [-0.2, 0) is 19.8 Å². The summed E-state index contributed by atoms with van der Waals surface area (Å²) < 4.78 is 67.4. The molecule has 1 aliphatic carbocycles. The Bertz CT molecular complexity index is 743. The predicted molar refractivity (Wildman–Crippen MR) is 100 cm³/mol. The van der Waals surface area contributed by atoms with Crippen molar-refractivity contribution in [3.05, 3.63) is 41.5 Å². The van der Waals surface area contributed by atoms with Gasteiger partial charge in [0.25, 0.3) is 0 Å². The van der Waals surface area contributed by atoms with Gasteiger partial charge in [0.15, 0.2) is 0 Å². The molecule has 1 atom stereocenters. The van der Waals surface area contributed by atoms with Crippen LogP contribution in [0, 0.1) is 0 Å². The summed E-state index contributed by atoms with van der Waals surface area (Å²) in [7, 11) is -3.62. The Balaban J connectivity index is 2.24. The van der Waals surface area contributed by atoms with Crippen molar-refractivity contribution < 1.29 is 31.5 Å². The van der Waals surface area contributed by atoms with E-state index < -0.39 is 19.5 Å². The van der Waals surface area contributed by atoms with Crippen LogP contribution in [0.3, 0.4) is 0 Å². The Labute approximate surface area is 162 Å². The van der Waals surface area contributed by atoms with Crippen LogP contribution in [0.2, 0.25) is 0 Å². The fraction of sp³-hybridized carbons (Fsp3) is 0.500. The second-order valence-corrected chi connectivity index (χ2v) is 7.67. The normalized spacial score (nSPS) is 17.8. The first-order chi connectivity index (χ1) is 13.3. The fourth-order valence-electron chi connectivity index (χ4n) is 2.57. The smallest absolute Gasteiger partial charge is 0.448 e. The monoisotopic (exact) mass is 420 g/mol. The average molecular weight is 420 g/mol. The highest BCUT2D eigenvalue weighted by Gasteiger charge is 2.31. The van der Waals surface area contributed by atoms with E-state index in [-0.39, 0.29) is 25.1 Å². The second-order valence-electron chi connectivity index (χ2n) is 5.96. The highest BCUT2D eigenvalue weighted by molar-refractivity contribution is 7.51. The first-order valence-corrected chi connectivity index (χ1v) is 10.6. The molecule has 0 radical (unpaired) electrons. The van der Waals surface area contributed by atoms with E-state index in [1.54, 1.807) is 13.8 Å². The third-order valence-corrected chi connectivity index (χ3v) is 5.37. The largest absolute Gasteiger partial charge is 0.486 e. The second kappa shape index (κ2) is 10.1. The standard InChI is InChI=1S/C18H24F3N2O4P/c1-3-25-28(24,26-4-2)23-22-13-14-10-11-15(18(19,20)21)12-17(14)27-16-8-6-5-7-9-16/h6,8,10-13,16H,3-5,7,9H2,1-2H3,(H,23,24). The van der Waals surface area contributed by atoms with Crippen LogP contribution in [-0.4, -0.2) is 25.5 Å². The average Bonchev–Trinajstić information content (AvgIpc) is 2.63. The molecule has 0 saturated carbocycles. The summed E-state index contributed by atoms with van der Waals surface area (Å²) in [6.07, 6.45) is 2.74. The minimum absolute atomic E-state index is 0.0413. The van der Waals surface area contributed by atoms with Gasteiger partial charge in [-0.05, 0) is 57.4 Å². The van der Waals surface area contributed by atoms with Crippen LogP contribution < -0.4 is 9.93 Å². The van der Waals surface area contributed by atoms with Crippen LogP contribution in [0.25, 0.3) is 0 Å². The number of nitrogens with one attached hydrogen (secondary N) is 1. The molecule has 0 saturated heterocycles. The zero-order valence-corrected chi connectivity index (χ0v) is 16.6. The van der Waals surface area contributed by atoms with Crippen LogP contribution in [0.1, 0.15) is 44.2 Å². The van der Waals surface area contributed by atoms with Crippen LogP contribution in [0.15, 0.2) is 35.5 Å². The number of allylic oxidation sites excluding steroid dienone is 1. The SMILES string of the molecule is CCOP(=O)(NN=Cc1ccc(C(F)(F)F)cc1OC1C=CCCC1)OCC. The molecule has 2 rings (SSSR count). The number of halogens is 3. The van der Waals surface area contributed by atoms with Gasteiger partial charge in [0.1, 0.15) is 11.9 Å². The molecule has 1 aromatic carbocycles. The lowest BCUT2D eigenvalue weighted by atomic mass is 10.0. The zero-order chi connectivity index (χ0) is 20.6. The van der Waals surface area contributed by atoms with Crippen molar-refractivity contribution >= 4 is 14.0 Å². The number of hydrogen-bond donors (Lipinski definition) is 1.